The van der Waals surface area contributed by atoms with Crippen LogP contribution < -0.4 is 0 Å². The molecule has 0 amide bonds. The fourth-order valence-electron chi connectivity index (χ4n) is 0.857. The smallest absolute Gasteiger partial charge is 0.119 e. The van der Waals surface area contributed by atoms with Crippen LogP contribution in [0.25, 0.3) is 0 Å². The van der Waals surface area contributed by atoms with Crippen LogP contribution in [0.2, 0.25) is 10.0 Å². The molecule has 0 fully saturated rings. The van der Waals surface area contributed by atoms with Gasteiger partial charge in [0.05, 0.1) is 0 Å². The van der Waals surface area contributed by atoms with Gasteiger partial charge in [-0.15, -0.1) is 0 Å². The summed E-state index contributed by atoms with van der Waals surface area (Å²) in [6.07, 6.45) is -1.14. The molecule has 1 unspecified atom stereocenters. The Morgan fingerprint density at radius 2 is 1.75 bits per heavy atom. The van der Waals surface area contributed by atoms with Crippen molar-refractivity contribution in [3.8, 4) is 0 Å². The number of hydrogen-bond donors (Lipinski definition) is 1. The van der Waals surface area contributed by atoms with Crippen LogP contribution in [0.3, 0.4) is 0 Å². The topological polar surface area (TPSA) is 20.2 Å². The Kier molecular flexibility index (Phi) is 3.32. The molecule has 0 radical (unpaired) electrons. The van der Waals surface area contributed by atoms with Crippen molar-refractivity contribution in [2.75, 3.05) is 6.67 Å². The Hall–Kier alpha value is -0.310. The van der Waals surface area contributed by atoms with Crippen molar-refractivity contribution in [3.05, 3.63) is 33.8 Å². The van der Waals surface area contributed by atoms with E-state index in [0.717, 1.165) is 0 Å². The van der Waals surface area contributed by atoms with Gasteiger partial charge >= 0.3 is 0 Å². The summed E-state index contributed by atoms with van der Waals surface area (Å²) in [6, 6.07) is 4.49. The molecule has 0 bridgehead atoms. The van der Waals surface area contributed by atoms with E-state index in [1.807, 2.05) is 0 Å². The molecule has 0 spiro atoms. The maximum atomic E-state index is 12.0. The van der Waals surface area contributed by atoms with Crippen LogP contribution in [0.4, 0.5) is 4.39 Å². The molecular formula is C8H7Cl2FO. The summed E-state index contributed by atoms with van der Waals surface area (Å²) >= 11 is 11.3. The molecular weight excluding hydrogens is 202 g/mol. The van der Waals surface area contributed by atoms with E-state index in [9.17, 15) is 4.39 Å². The number of rotatable bonds is 2. The molecule has 1 rings (SSSR count). The summed E-state index contributed by atoms with van der Waals surface area (Å²) in [5, 5.41) is 9.87. The first-order chi connectivity index (χ1) is 5.63. The van der Waals surface area contributed by atoms with E-state index in [2.05, 4.69) is 0 Å². The zero-order chi connectivity index (χ0) is 9.14. The molecule has 1 aromatic rings. The molecule has 0 aliphatic rings. The summed E-state index contributed by atoms with van der Waals surface area (Å²) in [5.74, 6) is 0. The average molecular weight is 209 g/mol. The van der Waals surface area contributed by atoms with E-state index in [1.54, 1.807) is 0 Å². The SMILES string of the molecule is OC(CF)c1cc(Cl)cc(Cl)c1. The predicted molar refractivity (Wildman–Crippen MR) is 47.4 cm³/mol. The fourth-order valence-corrected chi connectivity index (χ4v) is 1.40. The zero-order valence-electron chi connectivity index (χ0n) is 6.10. The van der Waals surface area contributed by atoms with Crippen LogP contribution in [-0.4, -0.2) is 11.8 Å². The first-order valence-corrected chi connectivity index (χ1v) is 4.09. The number of benzene rings is 1. The third-order valence-corrected chi connectivity index (χ3v) is 1.85. The fraction of sp³-hybridized carbons (Fsp3) is 0.250. The molecule has 0 saturated carbocycles. The molecule has 0 aliphatic carbocycles. The van der Waals surface area contributed by atoms with Gasteiger partial charge in [-0.25, -0.2) is 4.39 Å². The van der Waals surface area contributed by atoms with Crippen molar-refractivity contribution in [2.45, 2.75) is 6.10 Å². The molecule has 1 atom stereocenters. The van der Waals surface area contributed by atoms with Crippen molar-refractivity contribution < 1.29 is 9.50 Å². The van der Waals surface area contributed by atoms with Crippen LogP contribution in [0, 0.1) is 0 Å². The molecule has 0 aromatic heterocycles. The molecule has 0 aliphatic heterocycles. The van der Waals surface area contributed by atoms with Gasteiger partial charge in [0.2, 0.25) is 0 Å². The lowest BCUT2D eigenvalue weighted by atomic mass is 10.1. The lowest BCUT2D eigenvalue weighted by molar-refractivity contribution is 0.142. The second kappa shape index (κ2) is 4.08. The minimum Gasteiger partial charge on any atom is -0.386 e. The van der Waals surface area contributed by atoms with E-state index < -0.39 is 12.8 Å². The van der Waals surface area contributed by atoms with Crippen molar-refractivity contribution >= 4 is 23.2 Å². The highest BCUT2D eigenvalue weighted by Crippen LogP contribution is 2.23. The average Bonchev–Trinajstić information content (AvgIpc) is 2.01. The van der Waals surface area contributed by atoms with Crippen molar-refractivity contribution in [2.24, 2.45) is 0 Å². The maximum Gasteiger partial charge on any atom is 0.119 e. The second-order valence-electron chi connectivity index (χ2n) is 2.37. The van der Waals surface area contributed by atoms with Gasteiger partial charge in [0.1, 0.15) is 12.8 Å². The first-order valence-electron chi connectivity index (χ1n) is 3.33. The Morgan fingerprint density at radius 3 is 2.17 bits per heavy atom. The van der Waals surface area contributed by atoms with Crippen molar-refractivity contribution in [1.29, 1.82) is 0 Å². The zero-order valence-corrected chi connectivity index (χ0v) is 7.61. The normalized spacial score (nSPS) is 13.0. The molecule has 12 heavy (non-hydrogen) atoms. The molecule has 1 aromatic carbocycles. The number of hydrogen-bond acceptors (Lipinski definition) is 1. The summed E-state index contributed by atoms with van der Waals surface area (Å²) in [5.41, 5.74) is 0.398. The second-order valence-corrected chi connectivity index (χ2v) is 3.25. The highest BCUT2D eigenvalue weighted by Gasteiger charge is 2.07. The highest BCUT2D eigenvalue weighted by molar-refractivity contribution is 6.34. The molecule has 1 N–H and O–H groups in total. The predicted octanol–water partition coefficient (Wildman–Crippen LogP) is 3.00. The largest absolute Gasteiger partial charge is 0.386 e. The monoisotopic (exact) mass is 208 g/mol. The van der Waals surface area contributed by atoms with E-state index in [4.69, 9.17) is 28.3 Å². The van der Waals surface area contributed by atoms with Crippen LogP contribution in [0.1, 0.15) is 11.7 Å². The van der Waals surface area contributed by atoms with Crippen LogP contribution in [0.15, 0.2) is 18.2 Å². The standard InChI is InChI=1S/C8H7Cl2FO/c9-6-1-5(8(12)4-11)2-7(10)3-6/h1-3,8,12H,4H2. The summed E-state index contributed by atoms with van der Waals surface area (Å²) in [7, 11) is 0. The van der Waals surface area contributed by atoms with Gasteiger partial charge in [0.15, 0.2) is 0 Å². The van der Waals surface area contributed by atoms with Crippen LogP contribution >= 0.6 is 23.2 Å². The Balaban J connectivity index is 3.00. The van der Waals surface area contributed by atoms with Gasteiger partial charge < -0.3 is 5.11 Å². The number of halogens is 3. The maximum absolute atomic E-state index is 12.0. The quantitative estimate of drug-likeness (QED) is 0.793. The van der Waals surface area contributed by atoms with E-state index in [1.165, 1.54) is 18.2 Å². The highest BCUT2D eigenvalue weighted by atomic mass is 35.5. The number of aliphatic hydroxyl groups is 1. The van der Waals surface area contributed by atoms with E-state index in [0.29, 0.717) is 15.6 Å². The minimum absolute atomic E-state index is 0.394. The molecule has 4 heteroatoms. The molecule has 1 nitrogen and oxygen atoms in total. The lowest BCUT2D eigenvalue weighted by Crippen LogP contribution is -1.98. The van der Waals surface area contributed by atoms with Crippen LogP contribution in [0.5, 0.6) is 0 Å². The Morgan fingerprint density at radius 1 is 1.25 bits per heavy atom. The van der Waals surface area contributed by atoms with E-state index >= 15 is 0 Å². The lowest BCUT2D eigenvalue weighted by Gasteiger charge is -2.06. The minimum atomic E-state index is -1.14. The summed E-state index contributed by atoms with van der Waals surface area (Å²) in [6.45, 7) is -0.837. The van der Waals surface area contributed by atoms with Gasteiger partial charge in [-0.2, -0.15) is 0 Å². The first kappa shape index (κ1) is 9.78. The Bertz CT molecular complexity index is 258. The molecule has 0 heterocycles. The summed E-state index contributed by atoms with van der Waals surface area (Å²) in [4.78, 5) is 0. The third kappa shape index (κ3) is 2.34. The number of aliphatic hydroxyl groups excluding tert-OH is 1. The summed E-state index contributed by atoms with van der Waals surface area (Å²) < 4.78 is 12.0. The van der Waals surface area contributed by atoms with E-state index in [-0.39, 0.29) is 0 Å². The van der Waals surface area contributed by atoms with Gasteiger partial charge in [0.25, 0.3) is 0 Å². The van der Waals surface area contributed by atoms with Crippen LogP contribution in [-0.2, 0) is 0 Å². The van der Waals surface area contributed by atoms with Gasteiger partial charge in [0, 0.05) is 10.0 Å². The van der Waals surface area contributed by atoms with Gasteiger partial charge in [-0.1, -0.05) is 23.2 Å². The third-order valence-electron chi connectivity index (χ3n) is 1.42. The van der Waals surface area contributed by atoms with Gasteiger partial charge in [-0.3, -0.25) is 0 Å². The van der Waals surface area contributed by atoms with Gasteiger partial charge in [-0.05, 0) is 23.8 Å². The molecule has 0 saturated heterocycles. The van der Waals surface area contributed by atoms with Crippen molar-refractivity contribution in [3.63, 3.8) is 0 Å². The van der Waals surface area contributed by atoms with Crippen molar-refractivity contribution in [1.82, 2.24) is 0 Å². The number of alkyl halides is 1. The Labute approximate surface area is 79.7 Å². The molecule has 66 valence electrons.